The minimum Gasteiger partial charge on any atom is -0.493 e. The zero-order chi connectivity index (χ0) is 16.5. The van der Waals surface area contributed by atoms with Crippen LogP contribution in [0, 0.1) is 12.7 Å². The fraction of sp³-hybridized carbons (Fsp3) is 0.333. The number of amidine groups is 1. The maximum absolute atomic E-state index is 14.6. The molecule has 118 valence electrons. The van der Waals surface area contributed by atoms with Crippen LogP contribution in [0.3, 0.4) is 0 Å². The molecule has 7 heteroatoms. The third-order valence-corrected chi connectivity index (χ3v) is 3.20. The average molecular weight is 307 g/mol. The Morgan fingerprint density at radius 2 is 2.09 bits per heavy atom. The molecule has 1 aliphatic rings. The third kappa shape index (κ3) is 2.94. The zero-order valence-corrected chi connectivity index (χ0v) is 12.9. The van der Waals surface area contributed by atoms with Crippen LogP contribution in [0.25, 0.3) is 0 Å². The summed E-state index contributed by atoms with van der Waals surface area (Å²) in [5.74, 6) is -0.919. The lowest BCUT2D eigenvalue weighted by molar-refractivity contribution is -0.136. The van der Waals surface area contributed by atoms with Crippen molar-refractivity contribution < 1.29 is 18.7 Å². The zero-order valence-electron chi connectivity index (χ0n) is 12.9. The van der Waals surface area contributed by atoms with Gasteiger partial charge in [-0.2, -0.15) is 0 Å². The smallest absolute Gasteiger partial charge is 0.354 e. The molecule has 6 nitrogen and oxygen atoms in total. The van der Waals surface area contributed by atoms with Crippen LogP contribution in [0.5, 0.6) is 5.75 Å². The van der Waals surface area contributed by atoms with E-state index >= 15 is 0 Å². The number of hydrogen-bond donors (Lipinski definition) is 2. The van der Waals surface area contributed by atoms with E-state index in [0.717, 1.165) is 0 Å². The van der Waals surface area contributed by atoms with Crippen LogP contribution in [0.2, 0.25) is 0 Å². The van der Waals surface area contributed by atoms with E-state index in [4.69, 9.17) is 10.5 Å². The summed E-state index contributed by atoms with van der Waals surface area (Å²) in [4.78, 5) is 15.9. The molecule has 1 atom stereocenters. The van der Waals surface area contributed by atoms with E-state index in [1.54, 1.807) is 26.0 Å². The number of nitrogens with two attached hydrogens (primary N) is 1. The van der Waals surface area contributed by atoms with Gasteiger partial charge in [0.1, 0.15) is 17.2 Å². The summed E-state index contributed by atoms with van der Waals surface area (Å²) in [6.45, 7) is 3.33. The normalized spacial score (nSPS) is 20.6. The Balaban J connectivity index is 2.50. The Bertz CT molecular complexity index is 681. The quantitative estimate of drug-likeness (QED) is 0.820. The van der Waals surface area contributed by atoms with E-state index in [0.29, 0.717) is 5.56 Å². The van der Waals surface area contributed by atoms with E-state index in [9.17, 15) is 9.18 Å². The van der Waals surface area contributed by atoms with Crippen LogP contribution in [-0.2, 0) is 9.53 Å². The van der Waals surface area contributed by atoms with Crippen LogP contribution in [0.4, 0.5) is 4.39 Å². The van der Waals surface area contributed by atoms with Gasteiger partial charge in [0.2, 0.25) is 0 Å². The second-order valence-corrected chi connectivity index (χ2v) is 5.14. The second kappa shape index (κ2) is 5.76. The first kappa shape index (κ1) is 16.0. The lowest BCUT2D eigenvalue weighted by Crippen LogP contribution is -2.43. The number of nitrogens with one attached hydrogen (secondary N) is 1. The lowest BCUT2D eigenvalue weighted by Gasteiger charge is -2.26. The van der Waals surface area contributed by atoms with Gasteiger partial charge in [0.05, 0.1) is 19.8 Å². The van der Waals surface area contributed by atoms with Crippen molar-refractivity contribution in [3.63, 3.8) is 0 Å². The molecule has 0 bridgehead atoms. The number of benzene rings is 1. The number of aliphatic imine (C=N–C) groups is 1. The molecule has 0 aromatic heterocycles. The molecule has 0 amide bonds. The highest BCUT2D eigenvalue weighted by Crippen LogP contribution is 2.26. The number of aryl methyl sites for hydroxylation is 1. The number of rotatable bonds is 3. The van der Waals surface area contributed by atoms with Gasteiger partial charge in [-0.05, 0) is 31.6 Å². The molecule has 0 spiro atoms. The first-order valence-corrected chi connectivity index (χ1v) is 6.59. The first-order chi connectivity index (χ1) is 10.3. The van der Waals surface area contributed by atoms with E-state index in [2.05, 4.69) is 15.0 Å². The molecule has 0 saturated heterocycles. The Morgan fingerprint density at radius 1 is 1.41 bits per heavy atom. The van der Waals surface area contributed by atoms with E-state index in [-0.39, 0.29) is 22.8 Å². The minimum absolute atomic E-state index is 0.108. The molecule has 22 heavy (non-hydrogen) atoms. The molecular formula is C15H18FN3O3. The van der Waals surface area contributed by atoms with Gasteiger partial charge in [-0.1, -0.05) is 6.07 Å². The van der Waals surface area contributed by atoms with Crippen LogP contribution < -0.4 is 15.8 Å². The van der Waals surface area contributed by atoms with E-state index < -0.39 is 17.4 Å². The van der Waals surface area contributed by atoms with Crippen molar-refractivity contribution >= 4 is 11.8 Å². The highest BCUT2D eigenvalue weighted by Gasteiger charge is 2.28. The van der Waals surface area contributed by atoms with Crippen molar-refractivity contribution in [2.24, 2.45) is 10.7 Å². The molecule has 0 radical (unpaired) electrons. The Morgan fingerprint density at radius 3 is 2.68 bits per heavy atom. The first-order valence-electron chi connectivity index (χ1n) is 6.59. The number of hydrogen-bond acceptors (Lipinski definition) is 6. The second-order valence-electron chi connectivity index (χ2n) is 5.14. The summed E-state index contributed by atoms with van der Waals surface area (Å²) in [7, 11) is 2.64. The van der Waals surface area contributed by atoms with E-state index in [1.807, 2.05) is 0 Å². The summed E-state index contributed by atoms with van der Waals surface area (Å²) in [5, 5.41) is 2.75. The SMILES string of the molecule is COC(=O)C1=CC(C)(N)N=C(c2ccc(C)c(OC)c2F)N1. The minimum atomic E-state index is -1.16. The fourth-order valence-corrected chi connectivity index (χ4v) is 2.19. The van der Waals surface area contributed by atoms with Gasteiger partial charge < -0.3 is 20.5 Å². The monoisotopic (exact) mass is 307 g/mol. The molecular weight excluding hydrogens is 289 g/mol. The summed E-state index contributed by atoms with van der Waals surface area (Å²) in [6, 6.07) is 3.25. The fourth-order valence-electron chi connectivity index (χ4n) is 2.19. The number of nitrogens with zero attached hydrogens (tertiary/aromatic N) is 1. The van der Waals surface area contributed by atoms with Gasteiger partial charge in [-0.3, -0.25) is 0 Å². The third-order valence-electron chi connectivity index (χ3n) is 3.20. The Labute approximate surface area is 127 Å². The molecule has 2 rings (SSSR count). The highest BCUT2D eigenvalue weighted by molar-refractivity contribution is 6.06. The molecule has 3 N–H and O–H groups in total. The summed E-state index contributed by atoms with van der Waals surface area (Å²) >= 11 is 0. The molecule has 1 aromatic carbocycles. The molecule has 0 saturated carbocycles. The average Bonchev–Trinajstić information content (AvgIpc) is 2.45. The highest BCUT2D eigenvalue weighted by atomic mass is 19.1. The molecule has 1 aliphatic heterocycles. The molecule has 1 heterocycles. The Kier molecular flexibility index (Phi) is 4.18. The van der Waals surface area contributed by atoms with Crippen molar-refractivity contribution in [1.82, 2.24) is 5.32 Å². The maximum Gasteiger partial charge on any atom is 0.354 e. The van der Waals surface area contributed by atoms with Gasteiger partial charge >= 0.3 is 5.97 Å². The molecule has 1 aromatic rings. The topological polar surface area (TPSA) is 85.9 Å². The lowest BCUT2D eigenvalue weighted by atomic mass is 10.1. The largest absolute Gasteiger partial charge is 0.493 e. The van der Waals surface area contributed by atoms with Gasteiger partial charge in [0.15, 0.2) is 11.6 Å². The van der Waals surface area contributed by atoms with Crippen LogP contribution >= 0.6 is 0 Å². The standard InChI is InChI=1S/C15H18FN3O3/c1-8-5-6-9(11(16)12(8)21-3)13-18-10(14(20)22-4)7-15(2,17)19-13/h5-7H,17H2,1-4H3,(H,18,19). The van der Waals surface area contributed by atoms with Crippen LogP contribution in [0.15, 0.2) is 28.9 Å². The Hall–Kier alpha value is -2.41. The van der Waals surface area contributed by atoms with Crippen molar-refractivity contribution in [2.45, 2.75) is 19.5 Å². The summed E-state index contributed by atoms with van der Waals surface area (Å²) in [6.07, 6.45) is 1.42. The molecule has 0 fully saturated rings. The van der Waals surface area contributed by atoms with Gasteiger partial charge in [-0.25, -0.2) is 14.2 Å². The maximum atomic E-state index is 14.6. The number of ether oxygens (including phenoxy) is 2. The van der Waals surface area contributed by atoms with Gasteiger partial charge in [0, 0.05) is 0 Å². The predicted octanol–water partition coefficient (Wildman–Crippen LogP) is 1.22. The van der Waals surface area contributed by atoms with Crippen molar-refractivity contribution in [2.75, 3.05) is 14.2 Å². The summed E-state index contributed by atoms with van der Waals surface area (Å²) < 4.78 is 24.3. The number of halogens is 1. The summed E-state index contributed by atoms with van der Waals surface area (Å²) in [5.41, 5.74) is 5.74. The van der Waals surface area contributed by atoms with Crippen LogP contribution in [-0.4, -0.2) is 31.7 Å². The predicted molar refractivity (Wildman–Crippen MR) is 80.1 cm³/mol. The van der Waals surface area contributed by atoms with Gasteiger partial charge in [-0.15, -0.1) is 0 Å². The number of carbonyl (C=O) groups excluding carboxylic acids is 1. The molecule has 1 unspecified atom stereocenters. The van der Waals surface area contributed by atoms with Crippen molar-refractivity contribution in [3.8, 4) is 5.75 Å². The van der Waals surface area contributed by atoms with E-state index in [1.165, 1.54) is 20.3 Å². The van der Waals surface area contributed by atoms with Crippen LogP contribution in [0.1, 0.15) is 18.1 Å². The molecule has 0 aliphatic carbocycles. The van der Waals surface area contributed by atoms with Crippen molar-refractivity contribution in [3.05, 3.63) is 40.8 Å². The van der Waals surface area contributed by atoms with Crippen molar-refractivity contribution in [1.29, 1.82) is 0 Å². The number of methoxy groups -OCH3 is 2. The number of esters is 1. The number of carbonyl (C=O) groups is 1. The van der Waals surface area contributed by atoms with Gasteiger partial charge in [0.25, 0.3) is 0 Å².